The molecule has 1 heterocycles. The molecule has 1 aliphatic rings. The summed E-state index contributed by atoms with van der Waals surface area (Å²) in [5.41, 5.74) is 6.18. The van der Waals surface area contributed by atoms with Crippen molar-refractivity contribution in [2.24, 2.45) is 0 Å². The highest BCUT2D eigenvalue weighted by molar-refractivity contribution is 7.89. The Balaban J connectivity index is 2.42. The van der Waals surface area contributed by atoms with Crippen LogP contribution < -0.4 is 5.73 Å². The van der Waals surface area contributed by atoms with Gasteiger partial charge in [0.2, 0.25) is 10.0 Å². The van der Waals surface area contributed by atoms with Crippen molar-refractivity contribution in [3.63, 3.8) is 0 Å². The quantitative estimate of drug-likeness (QED) is 0.639. The van der Waals surface area contributed by atoms with Crippen LogP contribution in [0.3, 0.4) is 0 Å². The van der Waals surface area contributed by atoms with Gasteiger partial charge in [-0.05, 0) is 24.6 Å². The van der Waals surface area contributed by atoms with Gasteiger partial charge in [0, 0.05) is 13.1 Å². The maximum Gasteiger partial charge on any atom is 0.245 e. The van der Waals surface area contributed by atoms with Crippen LogP contribution in [-0.2, 0) is 10.0 Å². The number of hydrogen-bond donors (Lipinski definition) is 1. The van der Waals surface area contributed by atoms with Crippen LogP contribution >= 0.6 is 0 Å². The maximum atomic E-state index is 12.3. The van der Waals surface area contributed by atoms with Gasteiger partial charge in [-0.2, -0.15) is 9.57 Å². The van der Waals surface area contributed by atoms with E-state index in [1.54, 1.807) is 0 Å². The van der Waals surface area contributed by atoms with Gasteiger partial charge in [-0.25, -0.2) is 8.42 Å². The van der Waals surface area contributed by atoms with E-state index in [4.69, 9.17) is 11.0 Å². The van der Waals surface area contributed by atoms with Gasteiger partial charge in [-0.1, -0.05) is 12.2 Å². The van der Waals surface area contributed by atoms with E-state index in [1.165, 1.54) is 22.5 Å². The average molecular weight is 263 g/mol. The zero-order valence-corrected chi connectivity index (χ0v) is 10.5. The highest BCUT2D eigenvalue weighted by atomic mass is 32.2. The molecule has 18 heavy (non-hydrogen) atoms. The summed E-state index contributed by atoms with van der Waals surface area (Å²) in [6.07, 6.45) is 4.48. The van der Waals surface area contributed by atoms with Crippen molar-refractivity contribution in [1.29, 1.82) is 5.26 Å². The Morgan fingerprint density at radius 2 is 2.11 bits per heavy atom. The van der Waals surface area contributed by atoms with E-state index in [9.17, 15) is 8.42 Å². The van der Waals surface area contributed by atoms with Crippen molar-refractivity contribution in [3.05, 3.63) is 35.9 Å². The van der Waals surface area contributed by atoms with E-state index in [1.807, 2.05) is 18.2 Å². The Bertz CT molecular complexity index is 629. The van der Waals surface area contributed by atoms with Gasteiger partial charge in [0.15, 0.2) is 0 Å². The molecular formula is C12H13N3O2S. The van der Waals surface area contributed by atoms with E-state index in [-0.39, 0.29) is 10.6 Å². The number of rotatable bonds is 2. The Kier molecular flexibility index (Phi) is 3.36. The van der Waals surface area contributed by atoms with Crippen LogP contribution in [0.4, 0.5) is 5.69 Å². The highest BCUT2D eigenvalue weighted by Gasteiger charge is 2.26. The predicted molar refractivity (Wildman–Crippen MR) is 68.1 cm³/mol. The molecule has 0 atom stereocenters. The summed E-state index contributed by atoms with van der Waals surface area (Å²) >= 11 is 0. The van der Waals surface area contributed by atoms with E-state index in [2.05, 4.69) is 0 Å². The Labute approximate surface area is 106 Å². The number of nitrogens with zero attached hydrogens (tertiary/aromatic N) is 2. The minimum absolute atomic E-state index is 0.0665. The molecule has 0 saturated carbocycles. The fourth-order valence-electron chi connectivity index (χ4n) is 1.83. The summed E-state index contributed by atoms with van der Waals surface area (Å²) in [6.45, 7) is 0.819. The van der Waals surface area contributed by atoms with E-state index < -0.39 is 10.0 Å². The molecule has 94 valence electrons. The van der Waals surface area contributed by atoms with E-state index >= 15 is 0 Å². The SMILES string of the molecule is N#Cc1ccc(S(=O)(=O)N2CC=CCC2)c(N)c1. The highest BCUT2D eigenvalue weighted by Crippen LogP contribution is 2.24. The Morgan fingerprint density at radius 3 is 2.67 bits per heavy atom. The first-order chi connectivity index (χ1) is 8.55. The summed E-state index contributed by atoms with van der Waals surface area (Å²) in [4.78, 5) is 0.0665. The topological polar surface area (TPSA) is 87.2 Å². The average Bonchev–Trinajstić information content (AvgIpc) is 2.39. The molecule has 0 saturated heterocycles. The molecule has 0 amide bonds. The first-order valence-electron chi connectivity index (χ1n) is 5.50. The molecule has 6 heteroatoms. The number of nitrogen functional groups attached to an aromatic ring is 1. The monoisotopic (exact) mass is 263 g/mol. The second kappa shape index (κ2) is 4.80. The third kappa shape index (κ3) is 2.23. The molecule has 1 aromatic rings. The fraction of sp³-hybridized carbons (Fsp3) is 0.250. The van der Waals surface area contributed by atoms with Gasteiger partial charge < -0.3 is 5.73 Å². The zero-order valence-electron chi connectivity index (χ0n) is 9.70. The summed E-state index contributed by atoms with van der Waals surface area (Å²) < 4.78 is 26.1. The van der Waals surface area contributed by atoms with E-state index in [0.717, 1.165) is 0 Å². The molecule has 1 aromatic carbocycles. The van der Waals surface area contributed by atoms with Crippen LogP contribution in [-0.4, -0.2) is 25.8 Å². The first kappa shape index (κ1) is 12.6. The molecule has 0 aliphatic carbocycles. The smallest absolute Gasteiger partial charge is 0.245 e. The fourth-order valence-corrected chi connectivity index (χ4v) is 3.33. The van der Waals surface area contributed by atoms with Crippen LogP contribution in [0.15, 0.2) is 35.2 Å². The summed E-state index contributed by atoms with van der Waals surface area (Å²) in [5.74, 6) is 0. The van der Waals surface area contributed by atoms with Crippen molar-refractivity contribution in [2.45, 2.75) is 11.3 Å². The number of sulfonamides is 1. The Morgan fingerprint density at radius 1 is 1.33 bits per heavy atom. The van der Waals surface area contributed by atoms with Gasteiger partial charge in [-0.3, -0.25) is 0 Å². The molecule has 2 N–H and O–H groups in total. The lowest BCUT2D eigenvalue weighted by Crippen LogP contribution is -2.34. The number of nitriles is 1. The van der Waals surface area contributed by atoms with Gasteiger partial charge in [0.1, 0.15) is 4.90 Å². The van der Waals surface area contributed by atoms with Crippen molar-refractivity contribution in [1.82, 2.24) is 4.31 Å². The number of hydrogen-bond acceptors (Lipinski definition) is 4. The first-order valence-corrected chi connectivity index (χ1v) is 6.94. The second-order valence-corrected chi connectivity index (χ2v) is 5.89. The normalized spacial score (nSPS) is 16.4. The lowest BCUT2D eigenvalue weighted by molar-refractivity contribution is 0.438. The van der Waals surface area contributed by atoms with Gasteiger partial charge in [0.25, 0.3) is 0 Å². The molecule has 0 radical (unpaired) electrons. The van der Waals surface area contributed by atoms with Crippen molar-refractivity contribution in [2.75, 3.05) is 18.8 Å². The predicted octanol–water partition coefficient (Wildman–Crippen LogP) is 1.09. The number of anilines is 1. The van der Waals surface area contributed by atoms with Crippen molar-refractivity contribution < 1.29 is 8.42 Å². The van der Waals surface area contributed by atoms with Crippen LogP contribution in [0.25, 0.3) is 0 Å². The largest absolute Gasteiger partial charge is 0.398 e. The second-order valence-electron chi connectivity index (χ2n) is 3.99. The van der Waals surface area contributed by atoms with Crippen LogP contribution in [0.2, 0.25) is 0 Å². The van der Waals surface area contributed by atoms with Gasteiger partial charge >= 0.3 is 0 Å². The summed E-state index contributed by atoms with van der Waals surface area (Å²) in [6, 6.07) is 6.16. The Hall–Kier alpha value is -1.84. The lowest BCUT2D eigenvalue weighted by Gasteiger charge is -2.23. The third-order valence-electron chi connectivity index (χ3n) is 2.78. The van der Waals surface area contributed by atoms with Gasteiger partial charge in [-0.15, -0.1) is 0 Å². The molecule has 2 rings (SSSR count). The molecule has 0 fully saturated rings. The lowest BCUT2D eigenvalue weighted by atomic mass is 10.2. The molecule has 0 bridgehead atoms. The molecular weight excluding hydrogens is 250 g/mol. The van der Waals surface area contributed by atoms with Crippen LogP contribution in [0.5, 0.6) is 0 Å². The molecule has 5 nitrogen and oxygen atoms in total. The van der Waals surface area contributed by atoms with Gasteiger partial charge in [0.05, 0.1) is 17.3 Å². The third-order valence-corrected chi connectivity index (χ3v) is 4.72. The van der Waals surface area contributed by atoms with Crippen LogP contribution in [0.1, 0.15) is 12.0 Å². The summed E-state index contributed by atoms with van der Waals surface area (Å²) in [5, 5.41) is 8.73. The van der Waals surface area contributed by atoms with E-state index in [0.29, 0.717) is 25.1 Å². The molecule has 0 unspecified atom stereocenters. The van der Waals surface area contributed by atoms with Crippen molar-refractivity contribution >= 4 is 15.7 Å². The van der Waals surface area contributed by atoms with Crippen molar-refractivity contribution in [3.8, 4) is 6.07 Å². The molecule has 0 spiro atoms. The minimum atomic E-state index is -3.57. The molecule has 0 aromatic heterocycles. The summed E-state index contributed by atoms with van der Waals surface area (Å²) in [7, 11) is -3.57. The molecule has 1 aliphatic heterocycles. The standard InChI is InChI=1S/C12H13N3O2S/c13-9-10-4-5-12(11(14)8-10)18(16,17)15-6-2-1-3-7-15/h1-2,4-5,8H,3,6-7,14H2. The maximum absolute atomic E-state index is 12.3. The number of benzene rings is 1. The van der Waals surface area contributed by atoms with Crippen LogP contribution in [0, 0.1) is 11.3 Å². The number of nitrogens with two attached hydrogens (primary N) is 1. The minimum Gasteiger partial charge on any atom is -0.398 e. The zero-order chi connectivity index (χ0) is 13.2.